The Morgan fingerprint density at radius 2 is 1.38 bits per heavy atom. The molecule has 0 spiro atoms. The predicted molar refractivity (Wildman–Crippen MR) is 104 cm³/mol. The molecule has 0 aliphatic heterocycles. The maximum absolute atomic E-state index is 12.3. The molecule has 0 aliphatic rings. The van der Waals surface area contributed by atoms with Crippen molar-refractivity contribution in [2.45, 2.75) is 31.2 Å². The number of amides is 2. The van der Waals surface area contributed by atoms with E-state index in [0.717, 1.165) is 11.1 Å². The lowest BCUT2D eigenvalue weighted by Gasteiger charge is -2.21. The third-order valence-corrected chi connectivity index (χ3v) is 4.23. The Hall–Kier alpha value is -3.23. The normalized spacial score (nSPS) is 13.6. The number of esters is 1. The first-order valence-electron chi connectivity index (χ1n) is 9.02. The van der Waals surface area contributed by atoms with Crippen molar-refractivity contribution >= 4 is 17.8 Å². The fourth-order valence-corrected chi connectivity index (χ4v) is 2.62. The van der Waals surface area contributed by atoms with E-state index in [9.17, 15) is 24.6 Å². The van der Waals surface area contributed by atoms with E-state index in [2.05, 4.69) is 15.4 Å². The fraction of sp³-hybridized carbons (Fsp3) is 0.286. The number of hydrogen-bond donors (Lipinski definition) is 4. The van der Waals surface area contributed by atoms with Crippen LogP contribution in [0.1, 0.15) is 11.1 Å². The van der Waals surface area contributed by atoms with Crippen LogP contribution in [0, 0.1) is 0 Å². The molecule has 3 unspecified atom stereocenters. The van der Waals surface area contributed by atoms with Gasteiger partial charge in [0.1, 0.15) is 6.04 Å². The third-order valence-electron chi connectivity index (χ3n) is 4.23. The van der Waals surface area contributed by atoms with Gasteiger partial charge in [0.2, 0.25) is 0 Å². The molecule has 0 bridgehead atoms. The summed E-state index contributed by atoms with van der Waals surface area (Å²) in [5.41, 5.74) is 1.56. The monoisotopic (exact) mass is 400 g/mol. The summed E-state index contributed by atoms with van der Waals surface area (Å²) in [5, 5.41) is 24.8. The average Bonchev–Trinajstić information content (AvgIpc) is 2.76. The Morgan fingerprint density at radius 1 is 0.862 bits per heavy atom. The highest BCUT2D eigenvalue weighted by atomic mass is 16.5. The summed E-state index contributed by atoms with van der Waals surface area (Å²) in [4.78, 5) is 36.3. The molecule has 29 heavy (non-hydrogen) atoms. The second-order valence-corrected chi connectivity index (χ2v) is 6.37. The van der Waals surface area contributed by atoms with Crippen molar-refractivity contribution in [2.75, 3.05) is 7.11 Å². The van der Waals surface area contributed by atoms with E-state index in [-0.39, 0.29) is 13.0 Å². The Bertz CT molecular complexity index is 812. The van der Waals surface area contributed by atoms with Crippen molar-refractivity contribution in [3.63, 3.8) is 0 Å². The van der Waals surface area contributed by atoms with Crippen molar-refractivity contribution in [1.29, 1.82) is 0 Å². The van der Waals surface area contributed by atoms with Crippen molar-refractivity contribution in [2.24, 2.45) is 0 Å². The SMILES string of the molecule is COC(=O)C(Cc1ccccc1)NC(=O)C(O)C(O)C(=O)NCc1ccccc1. The molecule has 2 aromatic carbocycles. The highest BCUT2D eigenvalue weighted by molar-refractivity contribution is 5.92. The van der Waals surface area contributed by atoms with Gasteiger partial charge in [-0.2, -0.15) is 0 Å². The number of hydrogen-bond acceptors (Lipinski definition) is 6. The first kappa shape index (κ1) is 22.1. The highest BCUT2D eigenvalue weighted by Gasteiger charge is 2.33. The number of rotatable bonds is 9. The zero-order valence-electron chi connectivity index (χ0n) is 15.9. The van der Waals surface area contributed by atoms with Gasteiger partial charge in [-0.15, -0.1) is 0 Å². The van der Waals surface area contributed by atoms with Gasteiger partial charge in [0.15, 0.2) is 12.2 Å². The van der Waals surface area contributed by atoms with E-state index in [4.69, 9.17) is 0 Å². The molecule has 0 fully saturated rings. The number of ether oxygens (including phenoxy) is 1. The Balaban J connectivity index is 1.94. The molecule has 8 heteroatoms. The molecule has 0 radical (unpaired) electrons. The largest absolute Gasteiger partial charge is 0.467 e. The molecule has 0 saturated heterocycles. The molecule has 8 nitrogen and oxygen atoms in total. The number of methoxy groups -OCH3 is 1. The number of carbonyl (C=O) groups is 3. The van der Waals surface area contributed by atoms with Gasteiger partial charge in [0.25, 0.3) is 11.8 Å². The van der Waals surface area contributed by atoms with Gasteiger partial charge in [0.05, 0.1) is 7.11 Å². The molecule has 0 aliphatic carbocycles. The highest BCUT2D eigenvalue weighted by Crippen LogP contribution is 2.06. The van der Waals surface area contributed by atoms with Crippen molar-refractivity contribution in [1.82, 2.24) is 10.6 Å². The third kappa shape index (κ3) is 6.70. The van der Waals surface area contributed by atoms with E-state index in [1.807, 2.05) is 12.1 Å². The lowest BCUT2D eigenvalue weighted by Crippen LogP contribution is -2.53. The van der Waals surface area contributed by atoms with E-state index >= 15 is 0 Å². The molecular weight excluding hydrogens is 376 g/mol. The smallest absolute Gasteiger partial charge is 0.328 e. The lowest BCUT2D eigenvalue weighted by molar-refractivity contribution is -0.150. The minimum Gasteiger partial charge on any atom is -0.467 e. The first-order valence-corrected chi connectivity index (χ1v) is 9.02. The topological polar surface area (TPSA) is 125 Å². The van der Waals surface area contributed by atoms with Gasteiger partial charge < -0.3 is 25.6 Å². The minimum absolute atomic E-state index is 0.127. The first-order chi connectivity index (χ1) is 13.9. The predicted octanol–water partition coefficient (Wildman–Crippen LogP) is -0.0749. The number of nitrogens with one attached hydrogen (secondary N) is 2. The van der Waals surface area contributed by atoms with Gasteiger partial charge in [-0.3, -0.25) is 9.59 Å². The van der Waals surface area contributed by atoms with E-state index in [0.29, 0.717) is 0 Å². The van der Waals surface area contributed by atoms with Crippen molar-refractivity contribution in [3.8, 4) is 0 Å². The van der Waals surface area contributed by atoms with Gasteiger partial charge >= 0.3 is 5.97 Å². The summed E-state index contributed by atoms with van der Waals surface area (Å²) >= 11 is 0. The van der Waals surface area contributed by atoms with Crippen molar-refractivity contribution < 1.29 is 29.3 Å². The number of aliphatic hydroxyl groups excluding tert-OH is 2. The number of carbonyl (C=O) groups excluding carboxylic acids is 3. The van der Waals surface area contributed by atoms with E-state index in [1.54, 1.807) is 48.5 Å². The van der Waals surface area contributed by atoms with Crippen LogP contribution in [0.5, 0.6) is 0 Å². The number of aliphatic hydroxyl groups is 2. The Kier molecular flexibility index (Phi) is 8.32. The van der Waals surface area contributed by atoms with Crippen molar-refractivity contribution in [3.05, 3.63) is 71.8 Å². The van der Waals surface area contributed by atoms with Gasteiger partial charge in [0, 0.05) is 13.0 Å². The molecule has 3 atom stereocenters. The van der Waals surface area contributed by atoms with Crippen LogP contribution in [-0.2, 0) is 32.1 Å². The minimum atomic E-state index is -2.05. The second kappa shape index (κ2) is 10.9. The van der Waals surface area contributed by atoms with Crippen LogP contribution >= 0.6 is 0 Å². The van der Waals surface area contributed by atoms with Gasteiger partial charge in [-0.25, -0.2) is 4.79 Å². The molecule has 0 aromatic heterocycles. The number of benzene rings is 2. The standard InChI is InChI=1S/C21H24N2O6/c1-29-21(28)16(12-14-8-4-2-5-9-14)23-20(27)18(25)17(24)19(26)22-13-15-10-6-3-7-11-15/h2-11,16-18,24-25H,12-13H2,1H3,(H,22,26)(H,23,27). The molecule has 2 rings (SSSR count). The molecule has 0 saturated carbocycles. The van der Waals surface area contributed by atoms with Gasteiger partial charge in [-0.1, -0.05) is 60.7 Å². The maximum atomic E-state index is 12.3. The Morgan fingerprint density at radius 3 is 1.93 bits per heavy atom. The van der Waals surface area contributed by atoms with E-state index < -0.39 is 36.0 Å². The van der Waals surface area contributed by atoms with Crippen LogP contribution in [0.25, 0.3) is 0 Å². The fourth-order valence-electron chi connectivity index (χ4n) is 2.62. The summed E-state index contributed by atoms with van der Waals surface area (Å²) in [6.07, 6.45) is -3.91. The summed E-state index contributed by atoms with van der Waals surface area (Å²) in [6, 6.07) is 16.8. The summed E-state index contributed by atoms with van der Waals surface area (Å²) < 4.78 is 4.68. The van der Waals surface area contributed by atoms with E-state index in [1.165, 1.54) is 7.11 Å². The zero-order valence-corrected chi connectivity index (χ0v) is 15.9. The summed E-state index contributed by atoms with van der Waals surface area (Å²) in [7, 11) is 1.18. The van der Waals surface area contributed by atoms with Crippen LogP contribution in [0.3, 0.4) is 0 Å². The molecule has 0 heterocycles. The molecule has 4 N–H and O–H groups in total. The Labute approximate surface area is 168 Å². The zero-order chi connectivity index (χ0) is 21.2. The van der Waals surface area contributed by atoms with Gasteiger partial charge in [-0.05, 0) is 11.1 Å². The average molecular weight is 400 g/mol. The van der Waals surface area contributed by atoms with Crippen LogP contribution < -0.4 is 10.6 Å². The quantitative estimate of drug-likeness (QED) is 0.437. The van der Waals surface area contributed by atoms with Crippen LogP contribution in [0.2, 0.25) is 0 Å². The second-order valence-electron chi connectivity index (χ2n) is 6.37. The van der Waals surface area contributed by atoms with Crippen LogP contribution in [0.15, 0.2) is 60.7 Å². The lowest BCUT2D eigenvalue weighted by atomic mass is 10.0. The summed E-state index contributed by atoms with van der Waals surface area (Å²) in [6.45, 7) is 0.129. The molecular formula is C21H24N2O6. The molecule has 154 valence electrons. The molecule has 2 aromatic rings. The maximum Gasteiger partial charge on any atom is 0.328 e. The van der Waals surface area contributed by atoms with Crippen LogP contribution in [0.4, 0.5) is 0 Å². The summed E-state index contributed by atoms with van der Waals surface area (Å²) in [5.74, 6) is -2.68. The van der Waals surface area contributed by atoms with Crippen LogP contribution in [-0.4, -0.2) is 53.4 Å². The molecule has 2 amide bonds.